The first-order chi connectivity index (χ1) is 11.3. The van der Waals surface area contributed by atoms with Gasteiger partial charge in [0.1, 0.15) is 0 Å². The molecule has 1 saturated heterocycles. The molecule has 0 spiro atoms. The van der Waals surface area contributed by atoms with Gasteiger partial charge < -0.3 is 20.3 Å². The number of amides is 1. The zero-order chi connectivity index (χ0) is 16.8. The van der Waals surface area contributed by atoms with Gasteiger partial charge in [-0.25, -0.2) is 0 Å². The molecule has 0 aromatic rings. The fourth-order valence-corrected chi connectivity index (χ4v) is 2.46. The van der Waals surface area contributed by atoms with Gasteiger partial charge in [-0.1, -0.05) is 13.3 Å². The van der Waals surface area contributed by atoms with Crippen molar-refractivity contribution >= 4 is 35.8 Å². The fraction of sp³-hybridized carbons (Fsp3) is 0.882. The standard InChI is InChI=1S/C17H34N4O2.HI/c1-3-5-14-23-15-8-11-20-17(18-4-2)19-10-7-13-21-12-6-9-16(21)22;/h3-15H2,1-2H3,(H2,18,19,20);1H. The van der Waals surface area contributed by atoms with Crippen LogP contribution in [0.15, 0.2) is 4.99 Å². The number of hydrogen-bond acceptors (Lipinski definition) is 3. The molecule has 0 unspecified atom stereocenters. The number of likely N-dealkylation sites (tertiary alicyclic amines) is 1. The first kappa shape index (κ1) is 23.4. The average Bonchev–Trinajstić information content (AvgIpc) is 2.95. The second-order valence-electron chi connectivity index (χ2n) is 5.84. The van der Waals surface area contributed by atoms with Crippen LogP contribution in [-0.4, -0.2) is 62.7 Å². The molecule has 1 fully saturated rings. The first-order valence-corrected chi connectivity index (χ1v) is 9.15. The van der Waals surface area contributed by atoms with E-state index >= 15 is 0 Å². The number of unbranched alkanes of at least 4 members (excludes halogenated alkanes) is 1. The van der Waals surface area contributed by atoms with Gasteiger partial charge in [-0.3, -0.25) is 9.79 Å². The lowest BCUT2D eigenvalue weighted by atomic mass is 10.4. The third-order valence-electron chi connectivity index (χ3n) is 3.77. The highest BCUT2D eigenvalue weighted by Gasteiger charge is 2.18. The van der Waals surface area contributed by atoms with Crippen LogP contribution in [0.1, 0.15) is 52.4 Å². The molecule has 6 nitrogen and oxygen atoms in total. The molecule has 1 rings (SSSR count). The van der Waals surface area contributed by atoms with Crippen LogP contribution in [0, 0.1) is 0 Å². The highest BCUT2D eigenvalue weighted by atomic mass is 127. The molecule has 2 N–H and O–H groups in total. The van der Waals surface area contributed by atoms with Gasteiger partial charge in [-0.15, -0.1) is 24.0 Å². The number of carbonyl (C=O) groups is 1. The Morgan fingerprint density at radius 2 is 2.00 bits per heavy atom. The topological polar surface area (TPSA) is 66.0 Å². The number of carbonyl (C=O) groups excluding carboxylic acids is 1. The minimum Gasteiger partial charge on any atom is -0.381 e. The molecule has 1 aliphatic rings. The molecule has 7 heteroatoms. The molecule has 142 valence electrons. The van der Waals surface area contributed by atoms with E-state index in [0.717, 1.165) is 77.6 Å². The molecule has 1 aliphatic heterocycles. The quantitative estimate of drug-likeness (QED) is 0.206. The number of hydrogen-bond donors (Lipinski definition) is 2. The van der Waals surface area contributed by atoms with Crippen LogP contribution in [-0.2, 0) is 9.53 Å². The number of rotatable bonds is 12. The van der Waals surface area contributed by atoms with Crippen molar-refractivity contribution in [2.24, 2.45) is 4.99 Å². The Balaban J connectivity index is 0.00000529. The monoisotopic (exact) mass is 454 g/mol. The largest absolute Gasteiger partial charge is 0.381 e. The Morgan fingerprint density at radius 1 is 1.21 bits per heavy atom. The predicted molar refractivity (Wildman–Crippen MR) is 110 cm³/mol. The summed E-state index contributed by atoms with van der Waals surface area (Å²) in [4.78, 5) is 18.0. The van der Waals surface area contributed by atoms with Gasteiger partial charge in [0.15, 0.2) is 5.96 Å². The van der Waals surface area contributed by atoms with E-state index in [9.17, 15) is 4.79 Å². The smallest absolute Gasteiger partial charge is 0.222 e. The maximum Gasteiger partial charge on any atom is 0.222 e. The van der Waals surface area contributed by atoms with Crippen LogP contribution < -0.4 is 10.6 Å². The Bertz CT molecular complexity index is 353. The third kappa shape index (κ3) is 11.1. The van der Waals surface area contributed by atoms with E-state index < -0.39 is 0 Å². The minimum atomic E-state index is 0. The van der Waals surface area contributed by atoms with Gasteiger partial charge in [0.2, 0.25) is 5.91 Å². The predicted octanol–water partition coefficient (Wildman–Crippen LogP) is 2.38. The van der Waals surface area contributed by atoms with Crippen molar-refractivity contribution in [1.82, 2.24) is 15.5 Å². The van der Waals surface area contributed by atoms with Gasteiger partial charge in [0, 0.05) is 52.4 Å². The zero-order valence-corrected chi connectivity index (χ0v) is 17.6. The molecule has 0 aromatic carbocycles. The van der Waals surface area contributed by atoms with E-state index in [1.54, 1.807) is 0 Å². The van der Waals surface area contributed by atoms with Crippen LogP contribution in [0.3, 0.4) is 0 Å². The van der Waals surface area contributed by atoms with E-state index in [4.69, 9.17) is 4.74 Å². The summed E-state index contributed by atoms with van der Waals surface area (Å²) in [6.07, 6.45) is 5.94. The Kier molecular flexibility index (Phi) is 15.6. The molecule has 0 aromatic heterocycles. The number of nitrogens with one attached hydrogen (secondary N) is 2. The molecule has 0 bridgehead atoms. The summed E-state index contributed by atoms with van der Waals surface area (Å²) in [6, 6.07) is 0. The van der Waals surface area contributed by atoms with Crippen molar-refractivity contribution < 1.29 is 9.53 Å². The summed E-state index contributed by atoms with van der Waals surface area (Å²) < 4.78 is 5.54. The molecule has 0 saturated carbocycles. The number of ether oxygens (including phenoxy) is 1. The van der Waals surface area contributed by atoms with Crippen molar-refractivity contribution in [3.63, 3.8) is 0 Å². The number of nitrogens with zero attached hydrogens (tertiary/aromatic N) is 2. The molecule has 0 atom stereocenters. The molecule has 1 heterocycles. The molecule has 24 heavy (non-hydrogen) atoms. The lowest BCUT2D eigenvalue weighted by molar-refractivity contribution is -0.127. The Morgan fingerprint density at radius 3 is 2.67 bits per heavy atom. The fourth-order valence-electron chi connectivity index (χ4n) is 2.46. The van der Waals surface area contributed by atoms with Crippen LogP contribution in [0.2, 0.25) is 0 Å². The second-order valence-corrected chi connectivity index (χ2v) is 5.84. The normalized spacial score (nSPS) is 14.7. The Labute approximate surface area is 164 Å². The van der Waals surface area contributed by atoms with Crippen molar-refractivity contribution in [2.75, 3.05) is 45.9 Å². The second kappa shape index (κ2) is 15.9. The van der Waals surface area contributed by atoms with E-state index in [1.165, 1.54) is 6.42 Å². The first-order valence-electron chi connectivity index (χ1n) is 9.15. The van der Waals surface area contributed by atoms with Gasteiger partial charge in [-0.2, -0.15) is 0 Å². The Hall–Kier alpha value is -0.570. The van der Waals surface area contributed by atoms with Crippen LogP contribution in [0.5, 0.6) is 0 Å². The van der Waals surface area contributed by atoms with Crippen molar-refractivity contribution in [2.45, 2.75) is 52.4 Å². The number of halogens is 1. The molecular formula is C17H35IN4O2. The summed E-state index contributed by atoms with van der Waals surface area (Å²) in [7, 11) is 0. The summed E-state index contributed by atoms with van der Waals surface area (Å²) >= 11 is 0. The van der Waals surface area contributed by atoms with Crippen LogP contribution in [0.25, 0.3) is 0 Å². The maximum atomic E-state index is 11.5. The number of guanidine groups is 1. The van der Waals surface area contributed by atoms with Gasteiger partial charge in [-0.05, 0) is 32.6 Å². The SMILES string of the molecule is CCCCOCCCNC(=NCCCN1CCCC1=O)NCC.I. The zero-order valence-electron chi connectivity index (χ0n) is 15.3. The van der Waals surface area contributed by atoms with E-state index in [0.29, 0.717) is 12.3 Å². The van der Waals surface area contributed by atoms with Gasteiger partial charge in [0.05, 0.1) is 0 Å². The van der Waals surface area contributed by atoms with Gasteiger partial charge >= 0.3 is 0 Å². The summed E-state index contributed by atoms with van der Waals surface area (Å²) in [5, 5.41) is 6.58. The highest BCUT2D eigenvalue weighted by molar-refractivity contribution is 14.0. The average molecular weight is 454 g/mol. The summed E-state index contributed by atoms with van der Waals surface area (Å²) in [5.41, 5.74) is 0. The lowest BCUT2D eigenvalue weighted by Gasteiger charge is -2.15. The summed E-state index contributed by atoms with van der Waals surface area (Å²) in [6.45, 7) is 10.1. The third-order valence-corrected chi connectivity index (χ3v) is 3.77. The van der Waals surface area contributed by atoms with Gasteiger partial charge in [0.25, 0.3) is 0 Å². The molecule has 1 amide bonds. The minimum absolute atomic E-state index is 0. The van der Waals surface area contributed by atoms with Crippen LogP contribution in [0.4, 0.5) is 0 Å². The highest BCUT2D eigenvalue weighted by Crippen LogP contribution is 2.09. The van der Waals surface area contributed by atoms with E-state index in [-0.39, 0.29) is 24.0 Å². The van der Waals surface area contributed by atoms with Crippen molar-refractivity contribution in [3.8, 4) is 0 Å². The van der Waals surface area contributed by atoms with E-state index in [2.05, 4.69) is 29.5 Å². The van der Waals surface area contributed by atoms with Crippen molar-refractivity contribution in [1.29, 1.82) is 0 Å². The lowest BCUT2D eigenvalue weighted by Crippen LogP contribution is -2.38. The number of aliphatic imine (C=N–C) groups is 1. The van der Waals surface area contributed by atoms with Crippen molar-refractivity contribution in [3.05, 3.63) is 0 Å². The van der Waals surface area contributed by atoms with Crippen LogP contribution >= 0.6 is 24.0 Å². The molecule has 0 radical (unpaired) electrons. The molecule has 0 aliphatic carbocycles. The maximum absolute atomic E-state index is 11.5. The molecular weight excluding hydrogens is 419 g/mol. The summed E-state index contributed by atoms with van der Waals surface area (Å²) in [5.74, 6) is 1.15. The van der Waals surface area contributed by atoms with E-state index in [1.807, 2.05) is 4.90 Å².